The van der Waals surface area contributed by atoms with Gasteiger partial charge >= 0.3 is 5.97 Å². The standard InChI is InChI=1S/C23H19N3O4/c1-15(22(28)26-20-9-5-4-8-19(20)13-24)30-21(27)14-25-23(29)18-11-10-16-6-2-3-7-17(16)12-18/h2-12,15H,14H2,1H3,(H,25,29)(H,26,28)/t15-/m0/s1. The van der Waals surface area contributed by atoms with Crippen LogP contribution in [0.3, 0.4) is 0 Å². The molecule has 0 heterocycles. The SMILES string of the molecule is C[C@H](OC(=O)CNC(=O)c1ccc2ccccc2c1)C(=O)Nc1ccccc1C#N. The summed E-state index contributed by atoms with van der Waals surface area (Å²) in [5.74, 6) is -1.75. The monoisotopic (exact) mass is 401 g/mol. The third-order valence-electron chi connectivity index (χ3n) is 4.39. The molecule has 3 aromatic carbocycles. The molecule has 0 unspecified atom stereocenters. The summed E-state index contributed by atoms with van der Waals surface area (Å²) in [7, 11) is 0. The zero-order valence-corrected chi connectivity index (χ0v) is 16.2. The second-order valence-electron chi connectivity index (χ2n) is 6.52. The van der Waals surface area contributed by atoms with Crippen molar-refractivity contribution in [2.45, 2.75) is 13.0 Å². The van der Waals surface area contributed by atoms with Crippen LogP contribution in [0, 0.1) is 11.3 Å². The first-order valence-electron chi connectivity index (χ1n) is 9.24. The number of rotatable bonds is 6. The molecule has 0 aromatic heterocycles. The topological polar surface area (TPSA) is 108 Å². The number of amides is 2. The van der Waals surface area contributed by atoms with Crippen molar-refractivity contribution in [3.63, 3.8) is 0 Å². The maximum atomic E-state index is 12.3. The van der Waals surface area contributed by atoms with Crippen LogP contribution in [0.15, 0.2) is 66.7 Å². The Balaban J connectivity index is 1.52. The van der Waals surface area contributed by atoms with Crippen molar-refractivity contribution in [3.8, 4) is 6.07 Å². The molecule has 0 aliphatic carbocycles. The molecule has 0 bridgehead atoms. The Morgan fingerprint density at radius 2 is 1.70 bits per heavy atom. The van der Waals surface area contributed by atoms with E-state index in [2.05, 4.69) is 10.6 Å². The number of esters is 1. The van der Waals surface area contributed by atoms with Crippen molar-refractivity contribution in [1.82, 2.24) is 5.32 Å². The number of nitrogens with zero attached hydrogens (tertiary/aromatic N) is 1. The molecule has 0 aliphatic rings. The molecule has 2 N–H and O–H groups in total. The fourth-order valence-electron chi connectivity index (χ4n) is 2.80. The van der Waals surface area contributed by atoms with Crippen molar-refractivity contribution >= 4 is 34.2 Å². The van der Waals surface area contributed by atoms with Crippen molar-refractivity contribution < 1.29 is 19.1 Å². The fourth-order valence-corrected chi connectivity index (χ4v) is 2.80. The van der Waals surface area contributed by atoms with E-state index in [4.69, 9.17) is 10.00 Å². The van der Waals surface area contributed by atoms with Crippen molar-refractivity contribution in [2.75, 3.05) is 11.9 Å². The maximum absolute atomic E-state index is 12.3. The predicted molar refractivity (Wildman–Crippen MR) is 112 cm³/mol. The van der Waals surface area contributed by atoms with E-state index in [9.17, 15) is 14.4 Å². The summed E-state index contributed by atoms with van der Waals surface area (Å²) in [6, 6.07) is 21.3. The van der Waals surface area contributed by atoms with Gasteiger partial charge in [0.05, 0.1) is 11.3 Å². The van der Waals surface area contributed by atoms with Gasteiger partial charge in [0, 0.05) is 5.56 Å². The van der Waals surface area contributed by atoms with Crippen molar-refractivity contribution in [1.29, 1.82) is 5.26 Å². The highest BCUT2D eigenvalue weighted by Gasteiger charge is 2.19. The number of carbonyl (C=O) groups is 3. The maximum Gasteiger partial charge on any atom is 0.326 e. The fraction of sp³-hybridized carbons (Fsp3) is 0.130. The van der Waals surface area contributed by atoms with Gasteiger partial charge in [-0.1, -0.05) is 42.5 Å². The predicted octanol–water partition coefficient (Wildman–Crippen LogP) is 3.01. The molecular weight excluding hydrogens is 382 g/mol. The van der Waals surface area contributed by atoms with E-state index in [0.29, 0.717) is 16.8 Å². The first-order chi connectivity index (χ1) is 14.5. The number of hydrogen-bond donors (Lipinski definition) is 2. The van der Waals surface area contributed by atoms with E-state index in [1.807, 2.05) is 36.4 Å². The number of hydrogen-bond acceptors (Lipinski definition) is 5. The van der Waals surface area contributed by atoms with Crippen LogP contribution in [0.4, 0.5) is 5.69 Å². The molecule has 7 nitrogen and oxygen atoms in total. The smallest absolute Gasteiger partial charge is 0.326 e. The average Bonchev–Trinajstić information content (AvgIpc) is 2.77. The molecule has 150 valence electrons. The molecule has 0 fully saturated rings. The van der Waals surface area contributed by atoms with Crippen LogP contribution in [-0.4, -0.2) is 30.4 Å². The normalized spacial score (nSPS) is 11.2. The van der Waals surface area contributed by atoms with Crippen LogP contribution in [0.2, 0.25) is 0 Å². The van der Waals surface area contributed by atoms with E-state index in [1.165, 1.54) is 6.92 Å². The van der Waals surface area contributed by atoms with Gasteiger partial charge in [-0.15, -0.1) is 0 Å². The molecular formula is C23H19N3O4. The molecule has 3 aromatic rings. The first kappa shape index (κ1) is 20.6. The lowest BCUT2D eigenvalue weighted by Crippen LogP contribution is -2.35. The first-order valence-corrected chi connectivity index (χ1v) is 9.24. The lowest BCUT2D eigenvalue weighted by Gasteiger charge is -2.14. The Bertz CT molecular complexity index is 1150. The number of nitriles is 1. The van der Waals surface area contributed by atoms with Crippen molar-refractivity contribution in [2.24, 2.45) is 0 Å². The molecule has 2 amide bonds. The van der Waals surface area contributed by atoms with Gasteiger partial charge in [0.15, 0.2) is 6.10 Å². The number of ether oxygens (including phenoxy) is 1. The van der Waals surface area contributed by atoms with Crippen LogP contribution in [0.1, 0.15) is 22.8 Å². The summed E-state index contributed by atoms with van der Waals surface area (Å²) in [4.78, 5) is 36.5. The molecule has 30 heavy (non-hydrogen) atoms. The van der Waals surface area contributed by atoms with E-state index < -0.39 is 23.9 Å². The largest absolute Gasteiger partial charge is 0.451 e. The summed E-state index contributed by atoms with van der Waals surface area (Å²) in [5.41, 5.74) is 1.05. The van der Waals surface area contributed by atoms with Gasteiger partial charge in [-0.05, 0) is 42.0 Å². The summed E-state index contributed by atoms with van der Waals surface area (Å²) < 4.78 is 5.07. The van der Waals surface area contributed by atoms with Crippen LogP contribution < -0.4 is 10.6 Å². The minimum atomic E-state index is -1.10. The number of para-hydroxylation sites is 1. The van der Waals surface area contributed by atoms with Gasteiger partial charge in [0.25, 0.3) is 11.8 Å². The summed E-state index contributed by atoms with van der Waals surface area (Å²) in [6.45, 7) is 1.03. The quantitative estimate of drug-likeness (QED) is 0.617. The van der Waals surface area contributed by atoms with Gasteiger partial charge in [0.2, 0.25) is 0 Å². The zero-order chi connectivity index (χ0) is 21.5. The number of anilines is 1. The minimum Gasteiger partial charge on any atom is -0.451 e. The summed E-state index contributed by atoms with van der Waals surface area (Å²) >= 11 is 0. The zero-order valence-electron chi connectivity index (χ0n) is 16.2. The Hall–Kier alpha value is -4.18. The van der Waals surface area contributed by atoms with E-state index in [1.54, 1.807) is 36.4 Å². The number of nitrogens with one attached hydrogen (secondary N) is 2. The molecule has 0 radical (unpaired) electrons. The molecule has 7 heteroatoms. The van der Waals surface area contributed by atoms with E-state index >= 15 is 0 Å². The molecule has 3 rings (SSSR count). The highest BCUT2D eigenvalue weighted by atomic mass is 16.5. The number of benzene rings is 3. The van der Waals surface area contributed by atoms with Crippen LogP contribution in [0.5, 0.6) is 0 Å². The third kappa shape index (κ3) is 5.00. The molecule has 0 spiro atoms. The molecule has 0 saturated heterocycles. The Kier molecular flexibility index (Phi) is 6.40. The van der Waals surface area contributed by atoms with Crippen LogP contribution in [-0.2, 0) is 14.3 Å². The van der Waals surface area contributed by atoms with Crippen molar-refractivity contribution in [3.05, 3.63) is 77.9 Å². The Morgan fingerprint density at radius 1 is 1.00 bits per heavy atom. The summed E-state index contributed by atoms with van der Waals surface area (Å²) in [6.07, 6.45) is -1.10. The lowest BCUT2D eigenvalue weighted by molar-refractivity contribution is -0.152. The second-order valence-corrected chi connectivity index (χ2v) is 6.52. The van der Waals surface area contributed by atoms with Gasteiger partial charge < -0.3 is 15.4 Å². The minimum absolute atomic E-state index is 0.298. The van der Waals surface area contributed by atoms with E-state index in [0.717, 1.165) is 10.8 Å². The van der Waals surface area contributed by atoms with E-state index in [-0.39, 0.29) is 6.54 Å². The van der Waals surface area contributed by atoms with Gasteiger partial charge in [0.1, 0.15) is 12.6 Å². The highest BCUT2D eigenvalue weighted by molar-refractivity contribution is 6.00. The van der Waals surface area contributed by atoms with Gasteiger partial charge in [-0.25, -0.2) is 0 Å². The molecule has 0 aliphatic heterocycles. The molecule has 0 saturated carbocycles. The average molecular weight is 401 g/mol. The van der Waals surface area contributed by atoms with Crippen LogP contribution in [0.25, 0.3) is 10.8 Å². The van der Waals surface area contributed by atoms with Crippen LogP contribution >= 0.6 is 0 Å². The Morgan fingerprint density at radius 3 is 2.47 bits per heavy atom. The second kappa shape index (κ2) is 9.34. The van der Waals surface area contributed by atoms with Gasteiger partial charge in [-0.2, -0.15) is 5.26 Å². The van der Waals surface area contributed by atoms with Gasteiger partial charge in [-0.3, -0.25) is 14.4 Å². The Labute approximate surface area is 173 Å². The summed E-state index contributed by atoms with van der Waals surface area (Å²) in [5, 5.41) is 16.0. The number of fused-ring (bicyclic) bond motifs is 1. The lowest BCUT2D eigenvalue weighted by atomic mass is 10.1. The highest BCUT2D eigenvalue weighted by Crippen LogP contribution is 2.16. The number of carbonyl (C=O) groups excluding carboxylic acids is 3. The third-order valence-corrected chi connectivity index (χ3v) is 4.39. The molecule has 1 atom stereocenters.